The lowest BCUT2D eigenvalue weighted by Gasteiger charge is -2.08. The molecule has 0 saturated carbocycles. The first kappa shape index (κ1) is 16.3. The monoisotopic (exact) mass is 336 g/mol. The number of benzene rings is 2. The first-order valence-corrected chi connectivity index (χ1v) is 7.52. The third-order valence-corrected chi connectivity index (χ3v) is 3.44. The molecule has 8 heteroatoms. The Morgan fingerprint density at radius 2 is 1.72 bits per heavy atom. The van der Waals surface area contributed by atoms with Gasteiger partial charge in [-0.3, -0.25) is 9.59 Å². The zero-order valence-electron chi connectivity index (χ0n) is 13.2. The van der Waals surface area contributed by atoms with Crippen molar-refractivity contribution < 1.29 is 9.59 Å². The summed E-state index contributed by atoms with van der Waals surface area (Å²) in [5, 5.41) is 9.10. The molecule has 2 aromatic carbocycles. The van der Waals surface area contributed by atoms with Crippen molar-refractivity contribution >= 4 is 23.2 Å². The van der Waals surface area contributed by atoms with Gasteiger partial charge in [-0.25, -0.2) is 9.67 Å². The van der Waals surface area contributed by atoms with E-state index in [0.717, 1.165) is 11.3 Å². The topological polar surface area (TPSA) is 115 Å². The maximum Gasteiger partial charge on any atom is 0.314 e. The first-order valence-electron chi connectivity index (χ1n) is 7.52. The number of nitrogens with zero attached hydrogens (tertiary/aromatic N) is 3. The summed E-state index contributed by atoms with van der Waals surface area (Å²) in [6, 6.07) is 13.9. The average molecular weight is 336 g/mol. The van der Waals surface area contributed by atoms with E-state index >= 15 is 0 Å². The number of anilines is 2. The molecule has 4 N–H and O–H groups in total. The number of carbonyl (C=O) groups excluding carboxylic acids is 2. The van der Waals surface area contributed by atoms with Crippen LogP contribution in [0.25, 0.3) is 5.69 Å². The Balaban J connectivity index is 1.62. The van der Waals surface area contributed by atoms with Crippen LogP contribution in [0.15, 0.2) is 61.2 Å². The third kappa shape index (κ3) is 4.06. The molecule has 8 nitrogen and oxygen atoms in total. The van der Waals surface area contributed by atoms with Crippen molar-refractivity contribution in [2.75, 3.05) is 10.6 Å². The van der Waals surface area contributed by atoms with Crippen LogP contribution in [-0.2, 0) is 16.1 Å². The van der Waals surface area contributed by atoms with Crippen LogP contribution in [0.5, 0.6) is 0 Å². The number of nitrogens with two attached hydrogens (primary N) is 1. The molecular formula is C17H16N6O2. The van der Waals surface area contributed by atoms with Gasteiger partial charge in [-0.15, -0.1) is 0 Å². The molecule has 3 aromatic rings. The zero-order chi connectivity index (χ0) is 17.6. The van der Waals surface area contributed by atoms with Crippen LogP contribution in [0, 0.1) is 0 Å². The minimum absolute atomic E-state index is 0.355. The molecular weight excluding hydrogens is 320 g/mol. The van der Waals surface area contributed by atoms with Gasteiger partial charge in [0, 0.05) is 17.9 Å². The fraction of sp³-hybridized carbons (Fsp3) is 0.0588. The van der Waals surface area contributed by atoms with Crippen molar-refractivity contribution in [1.29, 1.82) is 0 Å². The van der Waals surface area contributed by atoms with Gasteiger partial charge < -0.3 is 16.4 Å². The van der Waals surface area contributed by atoms with Gasteiger partial charge in [0.1, 0.15) is 12.7 Å². The number of nitrogens with one attached hydrogen (secondary N) is 2. The van der Waals surface area contributed by atoms with Crippen molar-refractivity contribution in [3.63, 3.8) is 0 Å². The van der Waals surface area contributed by atoms with E-state index in [1.807, 2.05) is 6.07 Å². The average Bonchev–Trinajstić information content (AvgIpc) is 3.17. The Kier molecular flexibility index (Phi) is 4.82. The zero-order valence-corrected chi connectivity index (χ0v) is 13.2. The predicted molar refractivity (Wildman–Crippen MR) is 93.0 cm³/mol. The number of aromatic nitrogens is 3. The van der Waals surface area contributed by atoms with Crippen molar-refractivity contribution in [2.45, 2.75) is 6.54 Å². The lowest BCUT2D eigenvalue weighted by Crippen LogP contribution is -2.29. The van der Waals surface area contributed by atoms with Gasteiger partial charge in [-0.05, 0) is 42.0 Å². The number of carbonyl (C=O) groups is 2. The van der Waals surface area contributed by atoms with Gasteiger partial charge in [0.2, 0.25) is 0 Å². The van der Waals surface area contributed by atoms with Crippen LogP contribution in [0.2, 0.25) is 0 Å². The van der Waals surface area contributed by atoms with Gasteiger partial charge in [0.15, 0.2) is 0 Å². The molecule has 0 aliphatic carbocycles. The highest BCUT2D eigenvalue weighted by Crippen LogP contribution is 2.13. The Morgan fingerprint density at radius 3 is 2.36 bits per heavy atom. The van der Waals surface area contributed by atoms with E-state index in [1.54, 1.807) is 53.5 Å². The Bertz CT molecular complexity index is 874. The summed E-state index contributed by atoms with van der Waals surface area (Å²) in [6.45, 7) is 0.355. The summed E-state index contributed by atoms with van der Waals surface area (Å²) in [6.07, 6.45) is 3.00. The van der Waals surface area contributed by atoms with Gasteiger partial charge in [0.25, 0.3) is 0 Å². The first-order chi connectivity index (χ1) is 12.2. The molecule has 25 heavy (non-hydrogen) atoms. The molecule has 0 spiro atoms. The summed E-state index contributed by atoms with van der Waals surface area (Å²) in [5.41, 5.74) is 8.23. The van der Waals surface area contributed by atoms with Gasteiger partial charge in [-0.1, -0.05) is 12.1 Å². The summed E-state index contributed by atoms with van der Waals surface area (Å²) in [4.78, 5) is 27.9. The largest absolute Gasteiger partial charge is 0.326 e. The molecule has 0 radical (unpaired) electrons. The van der Waals surface area contributed by atoms with E-state index < -0.39 is 11.8 Å². The molecule has 0 fully saturated rings. The maximum absolute atomic E-state index is 12.0. The van der Waals surface area contributed by atoms with E-state index in [0.29, 0.717) is 17.9 Å². The summed E-state index contributed by atoms with van der Waals surface area (Å²) in [7, 11) is 0. The maximum atomic E-state index is 12.0. The fourth-order valence-electron chi connectivity index (χ4n) is 2.19. The van der Waals surface area contributed by atoms with Crippen LogP contribution in [0.3, 0.4) is 0 Å². The molecule has 0 saturated heterocycles. The van der Waals surface area contributed by atoms with E-state index in [2.05, 4.69) is 20.7 Å². The molecule has 1 aromatic heterocycles. The van der Waals surface area contributed by atoms with Gasteiger partial charge in [0.05, 0.1) is 5.69 Å². The molecule has 0 bridgehead atoms. The molecule has 1 heterocycles. The highest BCUT2D eigenvalue weighted by atomic mass is 16.2. The van der Waals surface area contributed by atoms with E-state index in [9.17, 15) is 9.59 Å². The van der Waals surface area contributed by atoms with Crippen molar-refractivity contribution in [3.8, 4) is 5.69 Å². The fourth-order valence-corrected chi connectivity index (χ4v) is 2.19. The lowest BCUT2D eigenvalue weighted by molar-refractivity contribution is -0.132. The van der Waals surface area contributed by atoms with Crippen molar-refractivity contribution in [2.24, 2.45) is 5.73 Å². The molecule has 0 unspecified atom stereocenters. The molecule has 126 valence electrons. The van der Waals surface area contributed by atoms with Gasteiger partial charge >= 0.3 is 11.8 Å². The Labute approximate surface area is 143 Å². The minimum Gasteiger partial charge on any atom is -0.326 e. The standard InChI is InChI=1S/C17H16N6O2/c18-9-12-2-1-3-14(8-12)22-17(25)16(24)21-13-4-6-15(7-5-13)23-11-19-10-20-23/h1-8,10-11H,9,18H2,(H,21,24)(H,22,25). The number of amides is 2. The van der Waals surface area contributed by atoms with Crippen LogP contribution in [-0.4, -0.2) is 26.6 Å². The number of hydrogen-bond donors (Lipinski definition) is 3. The molecule has 0 aliphatic rings. The third-order valence-electron chi connectivity index (χ3n) is 3.44. The van der Waals surface area contributed by atoms with E-state index in [4.69, 9.17) is 5.73 Å². The minimum atomic E-state index is -0.758. The second-order valence-corrected chi connectivity index (χ2v) is 5.20. The summed E-state index contributed by atoms with van der Waals surface area (Å²) < 4.78 is 1.59. The smallest absolute Gasteiger partial charge is 0.314 e. The molecule has 2 amide bonds. The van der Waals surface area contributed by atoms with Crippen LogP contribution in [0.1, 0.15) is 5.56 Å². The predicted octanol–water partition coefficient (Wildman–Crippen LogP) is 1.30. The quantitative estimate of drug-likeness (QED) is 0.621. The molecule has 3 rings (SSSR count). The highest BCUT2D eigenvalue weighted by Gasteiger charge is 2.14. The second-order valence-electron chi connectivity index (χ2n) is 5.20. The SMILES string of the molecule is NCc1cccc(NC(=O)C(=O)Nc2ccc(-n3cncn3)cc2)c1. The van der Waals surface area contributed by atoms with Gasteiger partial charge in [-0.2, -0.15) is 5.10 Å². The molecule has 0 aliphatic heterocycles. The van der Waals surface area contributed by atoms with Crippen molar-refractivity contribution in [1.82, 2.24) is 14.8 Å². The number of rotatable bonds is 4. The second kappa shape index (κ2) is 7.37. The number of hydrogen-bond acceptors (Lipinski definition) is 5. The highest BCUT2D eigenvalue weighted by molar-refractivity contribution is 6.43. The summed E-state index contributed by atoms with van der Waals surface area (Å²) >= 11 is 0. The normalized spacial score (nSPS) is 10.3. The van der Waals surface area contributed by atoms with E-state index in [-0.39, 0.29) is 0 Å². The van der Waals surface area contributed by atoms with Crippen molar-refractivity contribution in [3.05, 3.63) is 66.7 Å². The Morgan fingerprint density at radius 1 is 1.00 bits per heavy atom. The Hall–Kier alpha value is -3.52. The van der Waals surface area contributed by atoms with Crippen LogP contribution < -0.4 is 16.4 Å². The molecule has 0 atom stereocenters. The van der Waals surface area contributed by atoms with Crippen LogP contribution >= 0.6 is 0 Å². The van der Waals surface area contributed by atoms with Crippen LogP contribution in [0.4, 0.5) is 11.4 Å². The summed E-state index contributed by atoms with van der Waals surface area (Å²) in [5.74, 6) is -1.51. The lowest BCUT2D eigenvalue weighted by atomic mass is 10.2. The van der Waals surface area contributed by atoms with E-state index in [1.165, 1.54) is 6.33 Å².